The van der Waals surface area contributed by atoms with Gasteiger partial charge in [-0.3, -0.25) is 14.6 Å². The van der Waals surface area contributed by atoms with Crippen LogP contribution in [0.5, 0.6) is 0 Å². The number of amides is 2. The number of aromatic nitrogens is 1. The van der Waals surface area contributed by atoms with Gasteiger partial charge in [-0.25, -0.2) is 0 Å². The summed E-state index contributed by atoms with van der Waals surface area (Å²) in [6, 6.07) is 3.28. The van der Waals surface area contributed by atoms with E-state index in [4.69, 9.17) is 5.73 Å². The number of pyridine rings is 1. The third kappa shape index (κ3) is 5.99. The molecule has 1 aromatic rings. The second-order valence-electron chi connectivity index (χ2n) is 4.44. The maximum Gasteiger partial charge on any atom is 0.251 e. The van der Waals surface area contributed by atoms with Crippen LogP contribution in [0.25, 0.3) is 0 Å². The molecule has 0 bridgehead atoms. The molecule has 0 radical (unpaired) electrons. The van der Waals surface area contributed by atoms with Gasteiger partial charge in [0.1, 0.15) is 0 Å². The zero-order chi connectivity index (χ0) is 14.3. The molecule has 20 heavy (non-hydrogen) atoms. The molecule has 0 saturated heterocycles. The molecule has 112 valence electrons. The van der Waals surface area contributed by atoms with Crippen LogP contribution in [0.1, 0.15) is 29.9 Å². The van der Waals surface area contributed by atoms with Gasteiger partial charge < -0.3 is 16.4 Å². The topological polar surface area (TPSA) is 97.1 Å². The third-order valence-electron chi connectivity index (χ3n) is 2.52. The smallest absolute Gasteiger partial charge is 0.251 e. The number of hydrogen-bond donors (Lipinski definition) is 3. The highest BCUT2D eigenvalue weighted by Crippen LogP contribution is 2.00. The van der Waals surface area contributed by atoms with Gasteiger partial charge in [-0.05, 0) is 12.1 Å². The molecule has 0 spiro atoms. The van der Waals surface area contributed by atoms with Crippen LogP contribution in [0, 0.1) is 5.92 Å². The van der Waals surface area contributed by atoms with Gasteiger partial charge in [0.05, 0.1) is 5.69 Å². The van der Waals surface area contributed by atoms with Crippen molar-refractivity contribution in [3.05, 3.63) is 29.6 Å². The molecule has 1 aromatic heterocycles. The summed E-state index contributed by atoms with van der Waals surface area (Å²) in [4.78, 5) is 27.1. The Hall–Kier alpha value is -1.66. The van der Waals surface area contributed by atoms with E-state index >= 15 is 0 Å². The van der Waals surface area contributed by atoms with E-state index in [2.05, 4.69) is 15.6 Å². The van der Waals surface area contributed by atoms with Crippen LogP contribution in [0.15, 0.2) is 18.3 Å². The number of nitrogens with zero attached hydrogens (tertiary/aromatic N) is 1. The average molecular weight is 301 g/mol. The Kier molecular flexibility index (Phi) is 8.51. The molecule has 1 heterocycles. The van der Waals surface area contributed by atoms with Gasteiger partial charge in [0.2, 0.25) is 5.91 Å². The highest BCUT2D eigenvalue weighted by molar-refractivity contribution is 5.94. The van der Waals surface area contributed by atoms with E-state index < -0.39 is 0 Å². The molecule has 0 aliphatic heterocycles. The first kappa shape index (κ1) is 18.3. The predicted octanol–water partition coefficient (Wildman–Crippen LogP) is 0.464. The molecule has 0 aliphatic rings. The second kappa shape index (κ2) is 9.28. The van der Waals surface area contributed by atoms with Crippen LogP contribution in [-0.2, 0) is 11.3 Å². The molecule has 0 aliphatic carbocycles. The zero-order valence-electron chi connectivity index (χ0n) is 11.7. The standard InChI is InChI=1S/C13H20N4O2.ClH/c1-9(2)12(18)16-5-6-17-13(19)10-3-4-15-11(7-10)8-14;/h3-4,7,9H,5-6,8,14H2,1-2H3,(H,16,18)(H,17,19);1H. The summed E-state index contributed by atoms with van der Waals surface area (Å²) in [5.74, 6) is -0.275. The first-order valence-corrected chi connectivity index (χ1v) is 6.25. The first-order valence-electron chi connectivity index (χ1n) is 6.25. The fourth-order valence-electron chi connectivity index (χ4n) is 1.40. The molecule has 0 aromatic carbocycles. The number of nitrogens with two attached hydrogens (primary N) is 1. The highest BCUT2D eigenvalue weighted by atomic mass is 35.5. The Bertz CT molecular complexity index is 452. The monoisotopic (exact) mass is 300 g/mol. The van der Waals surface area contributed by atoms with Gasteiger partial charge >= 0.3 is 0 Å². The Morgan fingerprint density at radius 1 is 1.30 bits per heavy atom. The predicted molar refractivity (Wildman–Crippen MR) is 79.6 cm³/mol. The van der Waals surface area contributed by atoms with Crippen molar-refractivity contribution in [3.8, 4) is 0 Å². The van der Waals surface area contributed by atoms with E-state index in [0.717, 1.165) is 0 Å². The van der Waals surface area contributed by atoms with Gasteiger partial charge in [0, 0.05) is 37.3 Å². The van der Waals surface area contributed by atoms with Crippen molar-refractivity contribution in [2.45, 2.75) is 20.4 Å². The molecule has 4 N–H and O–H groups in total. The van der Waals surface area contributed by atoms with E-state index in [9.17, 15) is 9.59 Å². The molecule has 6 nitrogen and oxygen atoms in total. The molecular weight excluding hydrogens is 280 g/mol. The van der Waals surface area contributed by atoms with E-state index in [1.807, 2.05) is 13.8 Å². The minimum atomic E-state index is -0.198. The first-order chi connectivity index (χ1) is 9.04. The molecule has 0 fully saturated rings. The van der Waals surface area contributed by atoms with E-state index in [1.54, 1.807) is 18.3 Å². The van der Waals surface area contributed by atoms with Gasteiger partial charge in [0.15, 0.2) is 0 Å². The van der Waals surface area contributed by atoms with E-state index in [0.29, 0.717) is 30.9 Å². The van der Waals surface area contributed by atoms with Gasteiger partial charge in [-0.1, -0.05) is 13.8 Å². The van der Waals surface area contributed by atoms with Gasteiger partial charge in [-0.2, -0.15) is 0 Å². The summed E-state index contributed by atoms with van der Waals surface area (Å²) >= 11 is 0. The fraction of sp³-hybridized carbons (Fsp3) is 0.462. The number of carbonyl (C=O) groups is 2. The Balaban J connectivity index is 0.00000361. The maximum atomic E-state index is 11.8. The zero-order valence-corrected chi connectivity index (χ0v) is 12.5. The number of carbonyl (C=O) groups excluding carboxylic acids is 2. The average Bonchev–Trinajstić information content (AvgIpc) is 2.42. The molecule has 1 rings (SSSR count). The lowest BCUT2D eigenvalue weighted by atomic mass is 10.2. The van der Waals surface area contributed by atoms with E-state index in [-0.39, 0.29) is 30.1 Å². The fourth-order valence-corrected chi connectivity index (χ4v) is 1.40. The summed E-state index contributed by atoms with van der Waals surface area (Å²) in [5.41, 5.74) is 6.65. The summed E-state index contributed by atoms with van der Waals surface area (Å²) in [6.07, 6.45) is 1.55. The molecule has 2 amide bonds. The van der Waals surface area contributed by atoms with E-state index in [1.165, 1.54) is 0 Å². The number of halogens is 1. The lowest BCUT2D eigenvalue weighted by Gasteiger charge is -2.09. The summed E-state index contributed by atoms with van der Waals surface area (Å²) in [7, 11) is 0. The second-order valence-corrected chi connectivity index (χ2v) is 4.44. The van der Waals surface area contributed by atoms with Crippen molar-refractivity contribution >= 4 is 24.2 Å². The largest absolute Gasteiger partial charge is 0.354 e. The van der Waals surface area contributed by atoms with Crippen molar-refractivity contribution in [2.24, 2.45) is 11.7 Å². The van der Waals surface area contributed by atoms with Gasteiger partial charge in [0.25, 0.3) is 5.91 Å². The molecule has 0 unspecified atom stereocenters. The minimum absolute atomic E-state index is 0. The van der Waals surface area contributed by atoms with Crippen molar-refractivity contribution in [3.63, 3.8) is 0 Å². The minimum Gasteiger partial charge on any atom is -0.354 e. The normalized spacial score (nSPS) is 9.80. The molecular formula is C13H21ClN4O2. The van der Waals surface area contributed by atoms with Crippen molar-refractivity contribution < 1.29 is 9.59 Å². The van der Waals surface area contributed by atoms with Crippen LogP contribution >= 0.6 is 12.4 Å². The van der Waals surface area contributed by atoms with Crippen molar-refractivity contribution in [1.82, 2.24) is 15.6 Å². The number of nitrogens with one attached hydrogen (secondary N) is 2. The molecule has 0 saturated carbocycles. The highest BCUT2D eigenvalue weighted by Gasteiger charge is 2.07. The molecule has 0 atom stereocenters. The molecule has 7 heteroatoms. The van der Waals surface area contributed by atoms with Crippen molar-refractivity contribution in [1.29, 1.82) is 0 Å². The number of rotatable bonds is 6. The van der Waals surface area contributed by atoms with Gasteiger partial charge in [-0.15, -0.1) is 12.4 Å². The summed E-state index contributed by atoms with van der Waals surface area (Å²) in [5, 5.41) is 5.45. The number of hydrogen-bond acceptors (Lipinski definition) is 4. The Morgan fingerprint density at radius 2 is 1.95 bits per heavy atom. The maximum absolute atomic E-state index is 11.8. The van der Waals surface area contributed by atoms with Crippen LogP contribution in [0.4, 0.5) is 0 Å². The van der Waals surface area contributed by atoms with Crippen LogP contribution in [0.3, 0.4) is 0 Å². The SMILES string of the molecule is CC(C)C(=O)NCCNC(=O)c1ccnc(CN)c1.Cl. The lowest BCUT2D eigenvalue weighted by Crippen LogP contribution is -2.36. The van der Waals surface area contributed by atoms with Crippen LogP contribution in [-0.4, -0.2) is 29.9 Å². The Labute approximate surface area is 124 Å². The summed E-state index contributed by atoms with van der Waals surface area (Å²) in [6.45, 7) is 4.74. The van der Waals surface area contributed by atoms with Crippen LogP contribution in [0.2, 0.25) is 0 Å². The summed E-state index contributed by atoms with van der Waals surface area (Å²) < 4.78 is 0. The van der Waals surface area contributed by atoms with Crippen molar-refractivity contribution in [2.75, 3.05) is 13.1 Å². The third-order valence-corrected chi connectivity index (χ3v) is 2.52. The lowest BCUT2D eigenvalue weighted by molar-refractivity contribution is -0.123. The van der Waals surface area contributed by atoms with Crippen LogP contribution < -0.4 is 16.4 Å². The Morgan fingerprint density at radius 3 is 2.55 bits per heavy atom. The quantitative estimate of drug-likeness (QED) is 0.665.